The molecule has 0 unspecified atom stereocenters. The van der Waals surface area contributed by atoms with E-state index in [0.29, 0.717) is 18.8 Å². The molecule has 1 aromatic rings. The fraction of sp³-hybridized carbons (Fsp3) is 0.500. The molecule has 1 aliphatic heterocycles. The third kappa shape index (κ3) is 5.43. The van der Waals surface area contributed by atoms with E-state index in [4.69, 9.17) is 0 Å². The maximum Gasteiger partial charge on any atom is 0.321 e. The van der Waals surface area contributed by atoms with Crippen LogP contribution in [0, 0.1) is 0 Å². The highest BCUT2D eigenvalue weighted by Gasteiger charge is 2.27. The predicted octanol–water partition coefficient (Wildman–Crippen LogP) is 1.12. The second kappa shape index (κ2) is 8.30. The lowest BCUT2D eigenvalue weighted by Crippen LogP contribution is -2.44. The summed E-state index contributed by atoms with van der Waals surface area (Å²) in [4.78, 5) is 23.4. The van der Waals surface area contributed by atoms with E-state index in [1.807, 2.05) is 0 Å². The van der Waals surface area contributed by atoms with Crippen LogP contribution < -0.4 is 16.0 Å². The molecule has 25 heavy (non-hydrogen) atoms. The standard InChI is InChI=1S/C16H24N4O4S/c1-12(2)18-16(22)19-15(21)11-17-13-6-5-7-14(10-13)25(23,24)20-8-3-4-9-20/h5-7,10,12,17H,3-4,8-9,11H2,1-2H3,(H2,18,19,21,22). The van der Waals surface area contributed by atoms with Crippen LogP contribution in [0.4, 0.5) is 10.5 Å². The molecule has 3 N–H and O–H groups in total. The average molecular weight is 368 g/mol. The molecule has 0 atom stereocenters. The van der Waals surface area contributed by atoms with E-state index >= 15 is 0 Å². The zero-order chi connectivity index (χ0) is 18.4. The third-order valence-corrected chi connectivity index (χ3v) is 5.56. The van der Waals surface area contributed by atoms with Crippen LogP contribution >= 0.6 is 0 Å². The van der Waals surface area contributed by atoms with Gasteiger partial charge in [-0.1, -0.05) is 6.07 Å². The Kier molecular flexibility index (Phi) is 6.38. The summed E-state index contributed by atoms with van der Waals surface area (Å²) >= 11 is 0. The minimum Gasteiger partial charge on any atom is -0.376 e. The smallest absolute Gasteiger partial charge is 0.321 e. The Bertz CT molecular complexity index is 727. The first-order valence-electron chi connectivity index (χ1n) is 8.23. The topological polar surface area (TPSA) is 108 Å². The second-order valence-electron chi connectivity index (χ2n) is 6.17. The van der Waals surface area contributed by atoms with Gasteiger partial charge < -0.3 is 10.6 Å². The number of imide groups is 1. The van der Waals surface area contributed by atoms with Gasteiger partial charge >= 0.3 is 6.03 Å². The van der Waals surface area contributed by atoms with Crippen LogP contribution in [-0.2, 0) is 14.8 Å². The first kappa shape index (κ1) is 19.2. The van der Waals surface area contributed by atoms with Crippen LogP contribution in [0.25, 0.3) is 0 Å². The summed E-state index contributed by atoms with van der Waals surface area (Å²) in [5.41, 5.74) is 0.500. The molecule has 0 aliphatic carbocycles. The zero-order valence-corrected chi connectivity index (χ0v) is 15.2. The highest BCUT2D eigenvalue weighted by Crippen LogP contribution is 2.22. The number of rotatable bonds is 6. The molecule has 0 saturated carbocycles. The zero-order valence-electron chi connectivity index (χ0n) is 14.4. The summed E-state index contributed by atoms with van der Waals surface area (Å²) in [6.07, 6.45) is 1.74. The van der Waals surface area contributed by atoms with Crippen molar-refractivity contribution in [3.05, 3.63) is 24.3 Å². The molecule has 0 radical (unpaired) electrons. The van der Waals surface area contributed by atoms with E-state index in [-0.39, 0.29) is 17.5 Å². The lowest BCUT2D eigenvalue weighted by Gasteiger charge is -2.16. The van der Waals surface area contributed by atoms with Crippen molar-refractivity contribution in [2.24, 2.45) is 0 Å². The van der Waals surface area contributed by atoms with Crippen molar-refractivity contribution >= 4 is 27.6 Å². The molecule has 1 heterocycles. The number of carbonyl (C=O) groups is 2. The summed E-state index contributed by atoms with van der Waals surface area (Å²) in [6.45, 7) is 4.50. The molecule has 1 saturated heterocycles. The van der Waals surface area contributed by atoms with E-state index < -0.39 is 22.0 Å². The number of nitrogens with one attached hydrogen (secondary N) is 3. The molecule has 1 aliphatic rings. The number of carbonyl (C=O) groups excluding carboxylic acids is 2. The Morgan fingerprint density at radius 2 is 1.88 bits per heavy atom. The molecule has 1 fully saturated rings. The number of hydrogen-bond acceptors (Lipinski definition) is 5. The van der Waals surface area contributed by atoms with Gasteiger partial charge in [0.25, 0.3) is 0 Å². The van der Waals surface area contributed by atoms with Gasteiger partial charge in [0.1, 0.15) is 0 Å². The first-order chi connectivity index (χ1) is 11.8. The lowest BCUT2D eigenvalue weighted by atomic mass is 10.3. The minimum absolute atomic E-state index is 0.0757. The normalized spacial score (nSPS) is 15.2. The van der Waals surface area contributed by atoms with Crippen molar-refractivity contribution < 1.29 is 18.0 Å². The van der Waals surface area contributed by atoms with E-state index in [2.05, 4.69) is 16.0 Å². The molecule has 1 aromatic carbocycles. The average Bonchev–Trinajstić information content (AvgIpc) is 3.07. The Hall–Kier alpha value is -2.13. The van der Waals surface area contributed by atoms with E-state index in [9.17, 15) is 18.0 Å². The molecular formula is C16H24N4O4S. The summed E-state index contributed by atoms with van der Waals surface area (Å²) in [7, 11) is -3.50. The molecular weight excluding hydrogens is 344 g/mol. The van der Waals surface area contributed by atoms with Crippen molar-refractivity contribution in [1.82, 2.24) is 14.9 Å². The van der Waals surface area contributed by atoms with Gasteiger partial charge in [0.05, 0.1) is 11.4 Å². The Balaban J connectivity index is 1.95. The molecule has 2 rings (SSSR count). The van der Waals surface area contributed by atoms with Crippen LogP contribution in [0.3, 0.4) is 0 Å². The molecule has 3 amide bonds. The molecule has 9 heteroatoms. The number of hydrogen-bond donors (Lipinski definition) is 3. The van der Waals surface area contributed by atoms with Crippen LogP contribution in [0.1, 0.15) is 26.7 Å². The summed E-state index contributed by atoms with van der Waals surface area (Å²) < 4.78 is 26.5. The Morgan fingerprint density at radius 1 is 1.20 bits per heavy atom. The number of anilines is 1. The second-order valence-corrected chi connectivity index (χ2v) is 8.11. The lowest BCUT2D eigenvalue weighted by molar-refractivity contribution is -0.118. The summed E-state index contributed by atoms with van der Waals surface area (Å²) in [5.74, 6) is -0.508. The van der Waals surface area contributed by atoms with Gasteiger partial charge in [-0.2, -0.15) is 4.31 Å². The van der Waals surface area contributed by atoms with Crippen molar-refractivity contribution in [3.8, 4) is 0 Å². The number of urea groups is 1. The molecule has 8 nitrogen and oxygen atoms in total. The van der Waals surface area contributed by atoms with Crippen molar-refractivity contribution in [2.75, 3.05) is 25.0 Å². The quantitative estimate of drug-likeness (QED) is 0.697. The summed E-state index contributed by atoms with van der Waals surface area (Å²) in [6, 6.07) is 5.68. The van der Waals surface area contributed by atoms with Gasteiger partial charge in [0, 0.05) is 24.8 Å². The fourth-order valence-electron chi connectivity index (χ4n) is 2.50. The number of nitrogens with zero attached hydrogens (tertiary/aromatic N) is 1. The first-order valence-corrected chi connectivity index (χ1v) is 9.67. The highest BCUT2D eigenvalue weighted by atomic mass is 32.2. The molecule has 0 spiro atoms. The van der Waals surface area contributed by atoms with Crippen molar-refractivity contribution in [3.63, 3.8) is 0 Å². The van der Waals surface area contributed by atoms with Gasteiger partial charge in [-0.05, 0) is 44.9 Å². The number of amides is 3. The van der Waals surface area contributed by atoms with Gasteiger partial charge in [-0.15, -0.1) is 0 Å². The number of benzene rings is 1. The van der Waals surface area contributed by atoms with Crippen molar-refractivity contribution in [2.45, 2.75) is 37.6 Å². The maximum absolute atomic E-state index is 12.5. The van der Waals surface area contributed by atoms with E-state index in [0.717, 1.165) is 12.8 Å². The minimum atomic E-state index is -3.50. The van der Waals surface area contributed by atoms with Crippen LogP contribution in [-0.4, -0.2) is 50.3 Å². The van der Waals surface area contributed by atoms with Gasteiger partial charge in [0.15, 0.2) is 0 Å². The third-order valence-electron chi connectivity index (χ3n) is 3.66. The van der Waals surface area contributed by atoms with Gasteiger partial charge in [0.2, 0.25) is 15.9 Å². The van der Waals surface area contributed by atoms with Gasteiger partial charge in [-0.25, -0.2) is 13.2 Å². The summed E-state index contributed by atoms with van der Waals surface area (Å²) in [5, 5.41) is 7.57. The Labute approximate surface area is 148 Å². The maximum atomic E-state index is 12.5. The highest BCUT2D eigenvalue weighted by molar-refractivity contribution is 7.89. The van der Waals surface area contributed by atoms with Crippen molar-refractivity contribution in [1.29, 1.82) is 0 Å². The van der Waals surface area contributed by atoms with Crippen LogP contribution in [0.2, 0.25) is 0 Å². The van der Waals surface area contributed by atoms with Gasteiger partial charge in [-0.3, -0.25) is 10.1 Å². The SMILES string of the molecule is CC(C)NC(=O)NC(=O)CNc1cccc(S(=O)(=O)N2CCCC2)c1. The number of sulfonamides is 1. The molecule has 0 aromatic heterocycles. The fourth-order valence-corrected chi connectivity index (χ4v) is 4.06. The van der Waals surface area contributed by atoms with E-state index in [1.165, 1.54) is 16.4 Å². The van der Waals surface area contributed by atoms with Crippen LogP contribution in [0.5, 0.6) is 0 Å². The van der Waals surface area contributed by atoms with Crippen LogP contribution in [0.15, 0.2) is 29.2 Å². The Morgan fingerprint density at radius 3 is 2.52 bits per heavy atom. The monoisotopic (exact) mass is 368 g/mol. The molecule has 138 valence electrons. The predicted molar refractivity (Wildman–Crippen MR) is 94.7 cm³/mol. The van der Waals surface area contributed by atoms with E-state index in [1.54, 1.807) is 26.0 Å². The molecule has 0 bridgehead atoms. The largest absolute Gasteiger partial charge is 0.376 e.